The summed E-state index contributed by atoms with van der Waals surface area (Å²) in [6.45, 7) is 0.344. The first-order chi connectivity index (χ1) is 9.96. The van der Waals surface area contributed by atoms with Crippen molar-refractivity contribution in [3.8, 4) is 5.75 Å². The van der Waals surface area contributed by atoms with Crippen molar-refractivity contribution >= 4 is 17.4 Å². The second-order valence-electron chi connectivity index (χ2n) is 4.38. The molecule has 0 aliphatic rings. The number of anilines is 1. The molecule has 6 heteroatoms. The number of hydrogen-bond acceptors (Lipinski definition) is 3. The first kappa shape index (κ1) is 15.6. The lowest BCUT2D eigenvalue weighted by Gasteiger charge is -2.13. The maximum Gasteiger partial charge on any atom is 0.398 e. The maximum atomic E-state index is 12.3. The van der Waals surface area contributed by atoms with E-state index in [1.165, 1.54) is 0 Å². The molecule has 0 heterocycles. The average Bonchev–Trinajstić information content (AvgIpc) is 2.44. The SMILES string of the molecule is Oc1ccccc1CNc1ccccc1SCC(F)(F)F. The van der Waals surface area contributed by atoms with E-state index in [9.17, 15) is 18.3 Å². The number of alkyl halides is 3. The van der Waals surface area contributed by atoms with Gasteiger partial charge < -0.3 is 10.4 Å². The predicted molar refractivity (Wildman–Crippen MR) is 78.7 cm³/mol. The van der Waals surface area contributed by atoms with Gasteiger partial charge in [0.1, 0.15) is 5.75 Å². The minimum atomic E-state index is -4.20. The number of hydrogen-bond donors (Lipinski definition) is 2. The van der Waals surface area contributed by atoms with Gasteiger partial charge in [0.2, 0.25) is 0 Å². The van der Waals surface area contributed by atoms with Gasteiger partial charge in [-0.1, -0.05) is 30.3 Å². The zero-order valence-corrected chi connectivity index (χ0v) is 11.8. The zero-order valence-electron chi connectivity index (χ0n) is 11.0. The Morgan fingerprint density at radius 3 is 2.38 bits per heavy atom. The molecule has 2 N–H and O–H groups in total. The van der Waals surface area contributed by atoms with Gasteiger partial charge in [0, 0.05) is 22.7 Å². The van der Waals surface area contributed by atoms with Crippen LogP contribution in [0.15, 0.2) is 53.4 Å². The molecular formula is C15H14F3NOS. The highest BCUT2D eigenvalue weighted by Crippen LogP contribution is 2.32. The summed E-state index contributed by atoms with van der Waals surface area (Å²) >= 11 is 0.743. The monoisotopic (exact) mass is 313 g/mol. The number of halogens is 3. The van der Waals surface area contributed by atoms with Crippen LogP contribution in [0.3, 0.4) is 0 Å². The molecule has 0 bridgehead atoms. The third kappa shape index (κ3) is 4.90. The molecule has 2 aromatic carbocycles. The van der Waals surface area contributed by atoms with Crippen molar-refractivity contribution < 1.29 is 18.3 Å². The molecule has 0 atom stereocenters. The Balaban J connectivity index is 2.05. The van der Waals surface area contributed by atoms with Gasteiger partial charge in [-0.3, -0.25) is 0 Å². The second kappa shape index (κ2) is 6.76. The van der Waals surface area contributed by atoms with Gasteiger partial charge >= 0.3 is 6.18 Å². The van der Waals surface area contributed by atoms with E-state index in [4.69, 9.17) is 0 Å². The quantitative estimate of drug-likeness (QED) is 0.788. The minimum Gasteiger partial charge on any atom is -0.508 e. The number of nitrogens with one attached hydrogen (secondary N) is 1. The normalized spacial score (nSPS) is 11.4. The minimum absolute atomic E-state index is 0.158. The summed E-state index contributed by atoms with van der Waals surface area (Å²) < 4.78 is 36.9. The van der Waals surface area contributed by atoms with Crippen LogP contribution in [0.5, 0.6) is 5.75 Å². The van der Waals surface area contributed by atoms with Gasteiger partial charge in [0.25, 0.3) is 0 Å². The average molecular weight is 313 g/mol. The fourth-order valence-corrected chi connectivity index (χ4v) is 2.54. The van der Waals surface area contributed by atoms with Crippen LogP contribution in [0.2, 0.25) is 0 Å². The molecule has 21 heavy (non-hydrogen) atoms. The summed E-state index contributed by atoms with van der Waals surface area (Å²) in [6, 6.07) is 13.7. The Morgan fingerprint density at radius 1 is 1.00 bits per heavy atom. The van der Waals surface area contributed by atoms with E-state index in [0.717, 1.165) is 11.8 Å². The number of benzene rings is 2. The molecule has 0 radical (unpaired) electrons. The Bertz CT molecular complexity index is 601. The van der Waals surface area contributed by atoms with Crippen molar-refractivity contribution in [1.29, 1.82) is 0 Å². The first-order valence-electron chi connectivity index (χ1n) is 6.25. The summed E-state index contributed by atoms with van der Waals surface area (Å²) in [5, 5.41) is 12.7. The standard InChI is InChI=1S/C15H14F3NOS/c16-15(17,18)10-21-14-8-4-2-6-12(14)19-9-11-5-1-3-7-13(11)20/h1-8,19-20H,9-10H2. The fourth-order valence-electron chi connectivity index (χ4n) is 1.75. The molecule has 0 aromatic heterocycles. The van der Waals surface area contributed by atoms with Gasteiger partial charge in [-0.2, -0.15) is 13.2 Å². The van der Waals surface area contributed by atoms with E-state index in [-0.39, 0.29) is 5.75 Å². The van der Waals surface area contributed by atoms with Crippen molar-refractivity contribution in [2.75, 3.05) is 11.1 Å². The lowest BCUT2D eigenvalue weighted by molar-refractivity contribution is -0.105. The van der Waals surface area contributed by atoms with Gasteiger partial charge in [-0.05, 0) is 18.2 Å². The molecule has 2 nitrogen and oxygen atoms in total. The van der Waals surface area contributed by atoms with Gasteiger partial charge in [-0.25, -0.2) is 0 Å². The van der Waals surface area contributed by atoms with E-state index in [2.05, 4.69) is 5.32 Å². The van der Waals surface area contributed by atoms with Crippen LogP contribution < -0.4 is 5.32 Å². The zero-order chi connectivity index (χ0) is 15.3. The maximum absolute atomic E-state index is 12.3. The molecule has 0 amide bonds. The lowest BCUT2D eigenvalue weighted by Crippen LogP contribution is -2.11. The Labute approximate surface area is 125 Å². The van der Waals surface area contributed by atoms with Crippen LogP contribution in [0, 0.1) is 0 Å². The molecule has 0 saturated heterocycles. The van der Waals surface area contributed by atoms with Crippen LogP contribution in [0.25, 0.3) is 0 Å². The fraction of sp³-hybridized carbons (Fsp3) is 0.200. The first-order valence-corrected chi connectivity index (χ1v) is 7.23. The van der Waals surface area contributed by atoms with E-state index in [1.54, 1.807) is 48.5 Å². The highest BCUT2D eigenvalue weighted by atomic mass is 32.2. The number of para-hydroxylation sites is 2. The highest BCUT2D eigenvalue weighted by molar-refractivity contribution is 7.99. The molecule has 0 aliphatic heterocycles. The van der Waals surface area contributed by atoms with E-state index < -0.39 is 11.9 Å². The Kier molecular flexibility index (Phi) is 5.01. The van der Waals surface area contributed by atoms with E-state index in [0.29, 0.717) is 22.7 Å². The number of thioether (sulfide) groups is 1. The van der Waals surface area contributed by atoms with Crippen molar-refractivity contribution in [3.05, 3.63) is 54.1 Å². The van der Waals surface area contributed by atoms with Crippen LogP contribution in [0.1, 0.15) is 5.56 Å². The summed E-state index contributed by atoms with van der Waals surface area (Å²) in [7, 11) is 0. The molecule has 0 saturated carbocycles. The Morgan fingerprint density at radius 2 is 1.67 bits per heavy atom. The summed E-state index contributed by atoms with van der Waals surface area (Å²) in [6.07, 6.45) is -4.20. The largest absolute Gasteiger partial charge is 0.508 e. The number of phenolic OH excluding ortho intramolecular Hbond substituents is 1. The van der Waals surface area contributed by atoms with Gasteiger partial charge in [0.05, 0.1) is 5.75 Å². The molecule has 0 spiro atoms. The van der Waals surface area contributed by atoms with Gasteiger partial charge in [0.15, 0.2) is 0 Å². The third-order valence-electron chi connectivity index (χ3n) is 2.74. The van der Waals surface area contributed by atoms with E-state index >= 15 is 0 Å². The Hall–Kier alpha value is -1.82. The molecule has 0 aliphatic carbocycles. The predicted octanol–water partition coefficient (Wildman–Crippen LogP) is 4.66. The number of rotatable bonds is 5. The number of aromatic hydroxyl groups is 1. The van der Waals surface area contributed by atoms with Crippen molar-refractivity contribution in [2.45, 2.75) is 17.6 Å². The molecule has 112 valence electrons. The topological polar surface area (TPSA) is 32.3 Å². The van der Waals surface area contributed by atoms with E-state index in [1.807, 2.05) is 0 Å². The van der Waals surface area contributed by atoms with Gasteiger partial charge in [-0.15, -0.1) is 11.8 Å². The van der Waals surface area contributed by atoms with Crippen LogP contribution in [-0.4, -0.2) is 17.0 Å². The highest BCUT2D eigenvalue weighted by Gasteiger charge is 2.27. The van der Waals surface area contributed by atoms with Crippen molar-refractivity contribution in [2.24, 2.45) is 0 Å². The van der Waals surface area contributed by atoms with Crippen LogP contribution in [0.4, 0.5) is 18.9 Å². The molecule has 0 fully saturated rings. The summed E-state index contributed by atoms with van der Waals surface area (Å²) in [5.74, 6) is -0.770. The molecule has 2 rings (SSSR count). The smallest absolute Gasteiger partial charge is 0.398 e. The third-order valence-corrected chi connectivity index (χ3v) is 3.88. The molecule has 0 unspecified atom stereocenters. The molecular weight excluding hydrogens is 299 g/mol. The van der Waals surface area contributed by atoms with Crippen LogP contribution in [-0.2, 0) is 6.54 Å². The van der Waals surface area contributed by atoms with Crippen molar-refractivity contribution in [1.82, 2.24) is 0 Å². The summed E-state index contributed by atoms with van der Waals surface area (Å²) in [4.78, 5) is 0.533. The van der Waals surface area contributed by atoms with Crippen molar-refractivity contribution in [3.63, 3.8) is 0 Å². The second-order valence-corrected chi connectivity index (χ2v) is 5.40. The van der Waals surface area contributed by atoms with Crippen LogP contribution >= 0.6 is 11.8 Å². The number of phenols is 1. The molecule has 2 aromatic rings. The lowest BCUT2D eigenvalue weighted by atomic mass is 10.2. The summed E-state index contributed by atoms with van der Waals surface area (Å²) in [5.41, 5.74) is 1.31.